The Morgan fingerprint density at radius 3 is 3.08 bits per heavy atom. The molecule has 2 nitrogen and oxygen atoms in total. The zero-order valence-electron chi connectivity index (χ0n) is 7.30. The first-order valence-electron chi connectivity index (χ1n) is 4.36. The average molecular weight is 162 g/mol. The number of fused-ring (bicyclic) bond motifs is 1. The molecule has 2 rings (SSSR count). The number of benzene rings is 1. The molecule has 1 aliphatic heterocycles. The van der Waals surface area contributed by atoms with E-state index in [4.69, 9.17) is 5.73 Å². The van der Waals surface area contributed by atoms with E-state index in [1.807, 2.05) is 6.07 Å². The normalized spacial score (nSPS) is 21.9. The van der Waals surface area contributed by atoms with Crippen LogP contribution in [0.5, 0.6) is 0 Å². The smallest absolute Gasteiger partial charge is 0.0316 e. The highest BCUT2D eigenvalue weighted by atomic mass is 14.9. The summed E-state index contributed by atoms with van der Waals surface area (Å²) in [6.45, 7) is 3.18. The summed E-state index contributed by atoms with van der Waals surface area (Å²) in [5, 5.41) is 3.42. The molecule has 0 saturated carbocycles. The lowest BCUT2D eigenvalue weighted by Crippen LogP contribution is -2.32. The van der Waals surface area contributed by atoms with E-state index in [1.54, 1.807) is 0 Å². The fourth-order valence-corrected chi connectivity index (χ4v) is 1.69. The van der Waals surface area contributed by atoms with E-state index in [2.05, 4.69) is 24.4 Å². The van der Waals surface area contributed by atoms with Gasteiger partial charge < -0.3 is 11.1 Å². The van der Waals surface area contributed by atoms with E-state index in [-0.39, 0.29) is 0 Å². The molecule has 3 N–H and O–H groups in total. The molecule has 1 aliphatic rings. The monoisotopic (exact) mass is 162 g/mol. The Kier molecular flexibility index (Phi) is 1.77. The minimum atomic E-state index is 0.583. The van der Waals surface area contributed by atoms with E-state index in [9.17, 15) is 0 Å². The largest absolute Gasteiger partial charge is 0.399 e. The number of nitrogen functional groups attached to an aromatic ring is 1. The number of hydrogen-bond acceptors (Lipinski definition) is 2. The third-order valence-corrected chi connectivity index (χ3v) is 2.40. The molecule has 0 saturated heterocycles. The number of rotatable bonds is 0. The molecular formula is C10H14N2. The second-order valence-electron chi connectivity index (χ2n) is 3.51. The van der Waals surface area contributed by atoms with Gasteiger partial charge in [-0.25, -0.2) is 0 Å². The molecule has 1 atom stereocenters. The van der Waals surface area contributed by atoms with Gasteiger partial charge in [-0.1, -0.05) is 6.07 Å². The Balaban J connectivity index is 2.37. The van der Waals surface area contributed by atoms with Gasteiger partial charge in [0, 0.05) is 18.3 Å². The summed E-state index contributed by atoms with van der Waals surface area (Å²) in [7, 11) is 0. The molecule has 0 aliphatic carbocycles. The van der Waals surface area contributed by atoms with Crippen molar-refractivity contribution in [3.8, 4) is 0 Å². The molecule has 0 radical (unpaired) electrons. The van der Waals surface area contributed by atoms with Gasteiger partial charge in [-0.15, -0.1) is 0 Å². The summed E-state index contributed by atoms with van der Waals surface area (Å²) in [5.41, 5.74) is 9.38. The summed E-state index contributed by atoms with van der Waals surface area (Å²) < 4.78 is 0. The predicted molar refractivity (Wildman–Crippen MR) is 50.9 cm³/mol. The third kappa shape index (κ3) is 1.30. The van der Waals surface area contributed by atoms with Crippen LogP contribution in [0.25, 0.3) is 0 Å². The lowest BCUT2D eigenvalue weighted by Gasteiger charge is -2.23. The first kappa shape index (κ1) is 7.62. The lowest BCUT2D eigenvalue weighted by atomic mass is 9.96. The molecular weight excluding hydrogens is 148 g/mol. The van der Waals surface area contributed by atoms with Crippen molar-refractivity contribution >= 4 is 5.69 Å². The maximum Gasteiger partial charge on any atom is 0.0316 e. The van der Waals surface area contributed by atoms with Gasteiger partial charge in [-0.2, -0.15) is 0 Å². The van der Waals surface area contributed by atoms with Crippen LogP contribution in [0.4, 0.5) is 5.69 Å². The Morgan fingerprint density at radius 2 is 2.25 bits per heavy atom. The molecule has 0 spiro atoms. The Bertz CT molecular complexity index is 294. The maximum atomic E-state index is 5.71. The quantitative estimate of drug-likeness (QED) is 0.564. The van der Waals surface area contributed by atoms with E-state index < -0.39 is 0 Å². The SMILES string of the molecule is CC1Cc2cc(N)ccc2CN1. The van der Waals surface area contributed by atoms with Gasteiger partial charge in [0.05, 0.1) is 0 Å². The van der Waals surface area contributed by atoms with E-state index in [0.717, 1.165) is 18.7 Å². The highest BCUT2D eigenvalue weighted by molar-refractivity contribution is 5.45. The molecule has 12 heavy (non-hydrogen) atoms. The second-order valence-corrected chi connectivity index (χ2v) is 3.51. The van der Waals surface area contributed by atoms with Gasteiger partial charge in [0.15, 0.2) is 0 Å². The fraction of sp³-hybridized carbons (Fsp3) is 0.400. The first-order valence-corrected chi connectivity index (χ1v) is 4.36. The maximum absolute atomic E-state index is 5.71. The Morgan fingerprint density at radius 1 is 1.42 bits per heavy atom. The molecule has 0 bridgehead atoms. The molecule has 64 valence electrons. The van der Waals surface area contributed by atoms with Crippen LogP contribution in [-0.2, 0) is 13.0 Å². The highest BCUT2D eigenvalue weighted by Crippen LogP contribution is 2.18. The Hall–Kier alpha value is -1.02. The molecule has 1 heterocycles. The number of anilines is 1. The second kappa shape index (κ2) is 2.79. The zero-order chi connectivity index (χ0) is 8.55. The summed E-state index contributed by atoms with van der Waals surface area (Å²) in [6, 6.07) is 6.76. The van der Waals surface area contributed by atoms with Crippen molar-refractivity contribution in [1.29, 1.82) is 0 Å². The average Bonchev–Trinajstić information content (AvgIpc) is 2.03. The third-order valence-electron chi connectivity index (χ3n) is 2.40. The van der Waals surface area contributed by atoms with Crippen LogP contribution in [0.1, 0.15) is 18.1 Å². The van der Waals surface area contributed by atoms with Crippen molar-refractivity contribution in [2.75, 3.05) is 5.73 Å². The lowest BCUT2D eigenvalue weighted by molar-refractivity contribution is 0.514. The van der Waals surface area contributed by atoms with E-state index in [0.29, 0.717) is 6.04 Å². The van der Waals surface area contributed by atoms with Crippen molar-refractivity contribution in [3.63, 3.8) is 0 Å². The van der Waals surface area contributed by atoms with Crippen molar-refractivity contribution in [2.45, 2.75) is 25.9 Å². The van der Waals surface area contributed by atoms with Gasteiger partial charge in [-0.05, 0) is 36.6 Å². The molecule has 1 aromatic rings. The minimum absolute atomic E-state index is 0.583. The van der Waals surface area contributed by atoms with Crippen LogP contribution in [0.2, 0.25) is 0 Å². The molecule has 0 fully saturated rings. The van der Waals surface area contributed by atoms with Crippen LogP contribution < -0.4 is 11.1 Å². The van der Waals surface area contributed by atoms with E-state index >= 15 is 0 Å². The van der Waals surface area contributed by atoms with Crippen LogP contribution in [0, 0.1) is 0 Å². The van der Waals surface area contributed by atoms with Gasteiger partial charge >= 0.3 is 0 Å². The molecule has 0 amide bonds. The van der Waals surface area contributed by atoms with Crippen molar-refractivity contribution in [2.24, 2.45) is 0 Å². The fourth-order valence-electron chi connectivity index (χ4n) is 1.69. The number of hydrogen-bond donors (Lipinski definition) is 2. The summed E-state index contributed by atoms with van der Waals surface area (Å²) >= 11 is 0. The molecule has 0 aromatic heterocycles. The minimum Gasteiger partial charge on any atom is -0.399 e. The number of nitrogens with two attached hydrogens (primary N) is 1. The summed E-state index contributed by atoms with van der Waals surface area (Å²) in [6.07, 6.45) is 1.10. The van der Waals surface area contributed by atoms with Crippen LogP contribution in [0.15, 0.2) is 18.2 Å². The molecule has 1 unspecified atom stereocenters. The van der Waals surface area contributed by atoms with Gasteiger partial charge in [0.2, 0.25) is 0 Å². The van der Waals surface area contributed by atoms with Crippen LogP contribution in [0.3, 0.4) is 0 Å². The number of nitrogens with one attached hydrogen (secondary N) is 1. The van der Waals surface area contributed by atoms with Gasteiger partial charge in [0.1, 0.15) is 0 Å². The van der Waals surface area contributed by atoms with Gasteiger partial charge in [0.25, 0.3) is 0 Å². The molecule has 1 aromatic carbocycles. The topological polar surface area (TPSA) is 38.0 Å². The predicted octanol–water partition coefficient (Wildman–Crippen LogP) is 1.30. The summed E-state index contributed by atoms with van der Waals surface area (Å²) in [5.74, 6) is 0. The first-order chi connectivity index (χ1) is 5.75. The van der Waals surface area contributed by atoms with Crippen LogP contribution >= 0.6 is 0 Å². The van der Waals surface area contributed by atoms with Crippen molar-refractivity contribution in [3.05, 3.63) is 29.3 Å². The van der Waals surface area contributed by atoms with Crippen LogP contribution in [-0.4, -0.2) is 6.04 Å². The van der Waals surface area contributed by atoms with E-state index in [1.165, 1.54) is 11.1 Å². The molecule has 2 heteroatoms. The highest BCUT2D eigenvalue weighted by Gasteiger charge is 2.13. The van der Waals surface area contributed by atoms with Gasteiger partial charge in [-0.3, -0.25) is 0 Å². The van der Waals surface area contributed by atoms with Crippen molar-refractivity contribution in [1.82, 2.24) is 5.32 Å². The van der Waals surface area contributed by atoms with Crippen molar-refractivity contribution < 1.29 is 0 Å². The standard InChI is InChI=1S/C10H14N2/c1-7-4-9-5-10(11)3-2-8(9)6-12-7/h2-3,5,7,12H,4,6,11H2,1H3. The zero-order valence-corrected chi connectivity index (χ0v) is 7.30. The Labute approximate surface area is 72.8 Å². The summed E-state index contributed by atoms with van der Waals surface area (Å²) in [4.78, 5) is 0.